The Morgan fingerprint density at radius 2 is 1.80 bits per heavy atom. The molecule has 6 nitrogen and oxygen atoms in total. The van der Waals surface area contributed by atoms with Crippen molar-refractivity contribution in [3.8, 4) is 28.0 Å². The van der Waals surface area contributed by atoms with Crippen LogP contribution < -0.4 is 4.74 Å². The summed E-state index contributed by atoms with van der Waals surface area (Å²) in [6, 6.07) is 14.2. The fourth-order valence-corrected chi connectivity index (χ4v) is 4.65. The molecule has 4 aromatic rings. The second-order valence-electron chi connectivity index (χ2n) is 10.1. The van der Waals surface area contributed by atoms with Crippen molar-refractivity contribution in [3.05, 3.63) is 89.5 Å². The van der Waals surface area contributed by atoms with Crippen LogP contribution in [-0.2, 0) is 12.0 Å². The number of carbonyl (C=O) groups excluding carboxylic acids is 1. The Balaban J connectivity index is 1.62. The van der Waals surface area contributed by atoms with Gasteiger partial charge in [0, 0.05) is 41.8 Å². The van der Waals surface area contributed by atoms with Gasteiger partial charge in [0.1, 0.15) is 5.75 Å². The van der Waals surface area contributed by atoms with E-state index < -0.39 is 0 Å². The molecule has 6 heteroatoms. The van der Waals surface area contributed by atoms with Gasteiger partial charge >= 0.3 is 0 Å². The lowest BCUT2D eigenvalue weighted by atomic mass is 9.86. The highest BCUT2D eigenvalue weighted by molar-refractivity contribution is 6.02. The number of pyridine rings is 1. The SMILES string of the molecule is COc1cccc([C@@H](C)N2Cc3c(cc(-c4cn[nH]c4)cc3-c3cncc(C(C)(C)C)c3)C2=O)c1. The molecule has 0 radical (unpaired) electrons. The third kappa shape index (κ3) is 4.20. The van der Waals surface area contributed by atoms with E-state index in [1.54, 1.807) is 13.3 Å². The molecule has 0 saturated heterocycles. The van der Waals surface area contributed by atoms with Crippen LogP contribution in [0.4, 0.5) is 0 Å². The molecule has 1 amide bonds. The Hall–Kier alpha value is -3.93. The summed E-state index contributed by atoms with van der Waals surface area (Å²) in [6.07, 6.45) is 7.45. The molecule has 5 rings (SSSR count). The monoisotopic (exact) mass is 466 g/mol. The molecule has 1 N–H and O–H groups in total. The number of fused-ring (bicyclic) bond motifs is 1. The zero-order valence-corrected chi connectivity index (χ0v) is 20.8. The fraction of sp³-hybridized carbons (Fsp3) is 0.276. The van der Waals surface area contributed by atoms with E-state index in [0.29, 0.717) is 6.54 Å². The summed E-state index contributed by atoms with van der Waals surface area (Å²) in [7, 11) is 1.66. The minimum absolute atomic E-state index is 0.0295. The number of aromatic amines is 1. The van der Waals surface area contributed by atoms with Crippen molar-refractivity contribution in [2.75, 3.05) is 7.11 Å². The standard InChI is InChI=1S/C29H30N4O2/c1-18(19-7-6-8-24(10-19)35-5)33-17-27-25(21-9-23(16-30-13-21)29(2,3)4)11-20(12-26(27)28(33)34)22-14-31-32-15-22/h6-16,18H,17H2,1-5H3,(H,31,32)/t18-/m1/s1. The molecule has 35 heavy (non-hydrogen) atoms. The van der Waals surface area contributed by atoms with Crippen molar-refractivity contribution in [2.45, 2.75) is 45.7 Å². The summed E-state index contributed by atoms with van der Waals surface area (Å²) in [6.45, 7) is 9.15. The molecule has 2 aromatic carbocycles. The molecule has 1 atom stereocenters. The van der Waals surface area contributed by atoms with Crippen LogP contribution >= 0.6 is 0 Å². The number of hydrogen-bond donors (Lipinski definition) is 1. The Labute approximate surface area is 206 Å². The highest BCUT2D eigenvalue weighted by Gasteiger charge is 2.34. The lowest BCUT2D eigenvalue weighted by Gasteiger charge is -2.25. The van der Waals surface area contributed by atoms with Gasteiger partial charge in [0.25, 0.3) is 5.91 Å². The van der Waals surface area contributed by atoms with Gasteiger partial charge in [-0.05, 0) is 70.5 Å². The Kier molecular flexibility index (Phi) is 5.67. The highest BCUT2D eigenvalue weighted by Crippen LogP contribution is 2.40. The summed E-state index contributed by atoms with van der Waals surface area (Å²) in [4.78, 5) is 20.2. The first kappa shape index (κ1) is 22.8. The number of amides is 1. The maximum absolute atomic E-state index is 13.8. The molecule has 0 bridgehead atoms. The number of nitrogens with zero attached hydrogens (tertiary/aromatic N) is 3. The predicted octanol–water partition coefficient (Wildman–Crippen LogP) is 6.16. The number of hydrogen-bond acceptors (Lipinski definition) is 4. The summed E-state index contributed by atoms with van der Waals surface area (Å²) >= 11 is 0. The van der Waals surface area contributed by atoms with Gasteiger partial charge in [-0.3, -0.25) is 14.9 Å². The molecule has 0 saturated carbocycles. The minimum atomic E-state index is -0.103. The van der Waals surface area contributed by atoms with Crippen molar-refractivity contribution in [1.29, 1.82) is 0 Å². The van der Waals surface area contributed by atoms with Crippen molar-refractivity contribution in [1.82, 2.24) is 20.1 Å². The number of ether oxygens (including phenoxy) is 1. The maximum Gasteiger partial charge on any atom is 0.255 e. The van der Waals surface area contributed by atoms with Crippen molar-refractivity contribution in [3.63, 3.8) is 0 Å². The average Bonchev–Trinajstić information content (AvgIpc) is 3.51. The summed E-state index contributed by atoms with van der Waals surface area (Å²) in [5, 5.41) is 7.00. The molecule has 0 aliphatic carbocycles. The lowest BCUT2D eigenvalue weighted by molar-refractivity contribution is 0.0715. The average molecular weight is 467 g/mol. The van der Waals surface area contributed by atoms with Crippen LogP contribution in [0.5, 0.6) is 5.75 Å². The van der Waals surface area contributed by atoms with E-state index in [-0.39, 0.29) is 17.4 Å². The van der Waals surface area contributed by atoms with Gasteiger partial charge in [-0.2, -0.15) is 5.10 Å². The fourth-order valence-electron chi connectivity index (χ4n) is 4.65. The number of nitrogens with one attached hydrogen (secondary N) is 1. The minimum Gasteiger partial charge on any atom is -0.497 e. The van der Waals surface area contributed by atoms with E-state index in [1.807, 2.05) is 53.8 Å². The molecule has 0 unspecified atom stereocenters. The van der Waals surface area contributed by atoms with Gasteiger partial charge in [0.2, 0.25) is 0 Å². The second kappa shape index (κ2) is 8.69. The second-order valence-corrected chi connectivity index (χ2v) is 10.1. The molecule has 178 valence electrons. The Morgan fingerprint density at radius 3 is 2.51 bits per heavy atom. The van der Waals surface area contributed by atoms with Crippen LogP contribution in [0.3, 0.4) is 0 Å². The molecular formula is C29H30N4O2. The summed E-state index contributed by atoms with van der Waals surface area (Å²) in [5.74, 6) is 0.813. The molecule has 2 aromatic heterocycles. The predicted molar refractivity (Wildman–Crippen MR) is 137 cm³/mol. The first-order chi connectivity index (χ1) is 16.8. The lowest BCUT2D eigenvalue weighted by Crippen LogP contribution is -2.27. The Bertz CT molecular complexity index is 1390. The van der Waals surface area contributed by atoms with E-state index in [4.69, 9.17) is 4.74 Å². The topological polar surface area (TPSA) is 71.1 Å². The molecule has 0 spiro atoms. The maximum atomic E-state index is 13.8. The first-order valence-electron chi connectivity index (χ1n) is 11.8. The van der Waals surface area contributed by atoms with Gasteiger partial charge in [-0.25, -0.2) is 0 Å². The van der Waals surface area contributed by atoms with Crippen LogP contribution in [0.1, 0.15) is 60.8 Å². The summed E-state index contributed by atoms with van der Waals surface area (Å²) in [5.41, 5.74) is 7.88. The van der Waals surface area contributed by atoms with Crippen LogP contribution in [0.2, 0.25) is 0 Å². The molecular weight excluding hydrogens is 436 g/mol. The van der Waals surface area contributed by atoms with Crippen LogP contribution in [0, 0.1) is 0 Å². The van der Waals surface area contributed by atoms with Gasteiger partial charge in [0.05, 0.1) is 19.3 Å². The number of aromatic nitrogens is 3. The van der Waals surface area contributed by atoms with Crippen LogP contribution in [0.25, 0.3) is 22.3 Å². The van der Waals surface area contributed by atoms with Crippen molar-refractivity contribution >= 4 is 5.91 Å². The summed E-state index contributed by atoms with van der Waals surface area (Å²) < 4.78 is 5.41. The van der Waals surface area contributed by atoms with Crippen molar-refractivity contribution < 1.29 is 9.53 Å². The van der Waals surface area contributed by atoms with Crippen molar-refractivity contribution in [2.24, 2.45) is 0 Å². The Morgan fingerprint density at radius 1 is 1.00 bits per heavy atom. The third-order valence-corrected chi connectivity index (χ3v) is 6.86. The number of carbonyl (C=O) groups is 1. The van der Waals surface area contributed by atoms with Crippen LogP contribution in [0.15, 0.2) is 67.3 Å². The normalized spacial score (nSPS) is 14.2. The van der Waals surface area contributed by atoms with Crippen LogP contribution in [-0.4, -0.2) is 33.1 Å². The van der Waals surface area contributed by atoms with E-state index in [0.717, 1.165) is 50.3 Å². The number of rotatable bonds is 5. The van der Waals surface area contributed by atoms with E-state index >= 15 is 0 Å². The van der Waals surface area contributed by atoms with Gasteiger partial charge in [-0.15, -0.1) is 0 Å². The highest BCUT2D eigenvalue weighted by atomic mass is 16.5. The largest absolute Gasteiger partial charge is 0.497 e. The molecule has 1 aliphatic rings. The third-order valence-electron chi connectivity index (χ3n) is 6.86. The molecule has 1 aliphatic heterocycles. The van der Waals surface area contributed by atoms with Gasteiger partial charge < -0.3 is 9.64 Å². The first-order valence-corrected chi connectivity index (χ1v) is 11.8. The van der Waals surface area contributed by atoms with Gasteiger partial charge in [0.15, 0.2) is 0 Å². The smallest absolute Gasteiger partial charge is 0.255 e. The zero-order chi connectivity index (χ0) is 24.7. The van der Waals surface area contributed by atoms with E-state index in [2.05, 4.69) is 55.0 Å². The van der Waals surface area contributed by atoms with E-state index in [1.165, 1.54) is 0 Å². The quantitative estimate of drug-likeness (QED) is 0.382. The molecule has 0 fully saturated rings. The number of methoxy groups -OCH3 is 1. The zero-order valence-electron chi connectivity index (χ0n) is 20.8. The van der Waals surface area contributed by atoms with E-state index in [9.17, 15) is 4.79 Å². The number of H-pyrrole nitrogens is 1. The molecule has 3 heterocycles. The van der Waals surface area contributed by atoms with Gasteiger partial charge in [-0.1, -0.05) is 32.9 Å². The number of benzene rings is 2.